The smallest absolute Gasteiger partial charge is 0.195 e. The summed E-state index contributed by atoms with van der Waals surface area (Å²) >= 11 is 0. The SMILES string of the molecule is Cc1cc(C)cc(OCCN=C(N(C)C)N(C)C)c1. The van der Waals surface area contributed by atoms with E-state index >= 15 is 0 Å². The highest BCUT2D eigenvalue weighted by Crippen LogP contribution is 2.15. The Labute approximate surface area is 116 Å². The molecule has 0 fully saturated rings. The Kier molecular flexibility index (Phi) is 5.67. The standard InChI is InChI=1S/C15H25N3O/c1-12-9-13(2)11-14(10-12)19-8-7-16-15(17(3)4)18(5)6/h9-11H,7-8H2,1-6H3. The highest BCUT2D eigenvalue weighted by Gasteiger charge is 2.03. The average Bonchev–Trinajstić information content (AvgIpc) is 2.26. The molecule has 0 aliphatic heterocycles. The maximum absolute atomic E-state index is 5.73. The second kappa shape index (κ2) is 7.02. The molecule has 0 radical (unpaired) electrons. The third-order valence-corrected chi connectivity index (χ3v) is 2.61. The molecule has 0 aliphatic rings. The Balaban J connectivity index is 2.52. The second-order valence-electron chi connectivity index (χ2n) is 5.14. The summed E-state index contributed by atoms with van der Waals surface area (Å²) in [6, 6.07) is 6.24. The molecule has 0 aromatic heterocycles. The van der Waals surface area contributed by atoms with Crippen LogP contribution in [0.1, 0.15) is 11.1 Å². The van der Waals surface area contributed by atoms with Gasteiger partial charge in [-0.15, -0.1) is 0 Å². The quantitative estimate of drug-likeness (QED) is 0.473. The molecule has 1 aromatic carbocycles. The summed E-state index contributed by atoms with van der Waals surface area (Å²) in [6.07, 6.45) is 0. The van der Waals surface area contributed by atoms with Crippen LogP contribution >= 0.6 is 0 Å². The molecule has 4 heteroatoms. The molecule has 0 unspecified atom stereocenters. The molecule has 106 valence electrons. The maximum Gasteiger partial charge on any atom is 0.195 e. The van der Waals surface area contributed by atoms with Crippen molar-refractivity contribution in [2.75, 3.05) is 41.3 Å². The number of aliphatic imine (C=N–C) groups is 1. The molecule has 0 N–H and O–H groups in total. The van der Waals surface area contributed by atoms with E-state index in [1.54, 1.807) is 0 Å². The highest BCUT2D eigenvalue weighted by molar-refractivity contribution is 5.79. The second-order valence-corrected chi connectivity index (χ2v) is 5.14. The summed E-state index contributed by atoms with van der Waals surface area (Å²) in [4.78, 5) is 8.52. The minimum absolute atomic E-state index is 0.591. The zero-order valence-corrected chi connectivity index (χ0v) is 12.9. The molecular weight excluding hydrogens is 238 g/mol. The first-order valence-electron chi connectivity index (χ1n) is 6.50. The maximum atomic E-state index is 5.73. The van der Waals surface area contributed by atoms with Gasteiger partial charge in [-0.1, -0.05) is 6.07 Å². The van der Waals surface area contributed by atoms with Gasteiger partial charge in [-0.2, -0.15) is 0 Å². The number of ether oxygens (including phenoxy) is 1. The number of nitrogens with zero attached hydrogens (tertiary/aromatic N) is 3. The molecule has 0 amide bonds. The molecule has 19 heavy (non-hydrogen) atoms. The van der Waals surface area contributed by atoms with Crippen LogP contribution in [0, 0.1) is 13.8 Å². The van der Waals surface area contributed by atoms with Crippen molar-refractivity contribution in [1.82, 2.24) is 9.80 Å². The van der Waals surface area contributed by atoms with Crippen molar-refractivity contribution in [3.05, 3.63) is 29.3 Å². The van der Waals surface area contributed by atoms with Crippen molar-refractivity contribution in [3.63, 3.8) is 0 Å². The van der Waals surface area contributed by atoms with Crippen LogP contribution in [0.5, 0.6) is 5.75 Å². The topological polar surface area (TPSA) is 28.1 Å². The summed E-state index contributed by atoms with van der Waals surface area (Å²) < 4.78 is 5.73. The first-order valence-corrected chi connectivity index (χ1v) is 6.50. The summed E-state index contributed by atoms with van der Waals surface area (Å²) in [5.41, 5.74) is 2.45. The third-order valence-electron chi connectivity index (χ3n) is 2.61. The minimum atomic E-state index is 0.591. The van der Waals surface area contributed by atoms with Crippen LogP contribution in [0.3, 0.4) is 0 Å². The van der Waals surface area contributed by atoms with Crippen LogP contribution in [-0.2, 0) is 0 Å². The van der Waals surface area contributed by atoms with Crippen LogP contribution in [0.15, 0.2) is 23.2 Å². The fourth-order valence-electron chi connectivity index (χ4n) is 2.01. The molecule has 1 aromatic rings. The summed E-state index contributed by atoms with van der Waals surface area (Å²) in [5.74, 6) is 1.87. The molecular formula is C15H25N3O. The average molecular weight is 263 g/mol. The number of hydrogen-bond acceptors (Lipinski definition) is 2. The Morgan fingerprint density at radius 2 is 1.53 bits per heavy atom. The molecule has 0 saturated heterocycles. The molecule has 0 bridgehead atoms. The van der Waals surface area contributed by atoms with Crippen LogP contribution in [-0.4, -0.2) is 57.1 Å². The zero-order valence-electron chi connectivity index (χ0n) is 12.9. The van der Waals surface area contributed by atoms with Crippen LogP contribution in [0.2, 0.25) is 0 Å². The van der Waals surface area contributed by atoms with E-state index in [-0.39, 0.29) is 0 Å². The predicted molar refractivity (Wildman–Crippen MR) is 81.1 cm³/mol. The van der Waals surface area contributed by atoms with Gasteiger partial charge in [-0.05, 0) is 37.1 Å². The molecule has 0 spiro atoms. The largest absolute Gasteiger partial charge is 0.492 e. The third kappa shape index (κ3) is 5.20. The fraction of sp³-hybridized carbons (Fsp3) is 0.533. The van der Waals surface area contributed by atoms with E-state index in [9.17, 15) is 0 Å². The molecule has 4 nitrogen and oxygen atoms in total. The van der Waals surface area contributed by atoms with E-state index < -0.39 is 0 Å². The van der Waals surface area contributed by atoms with Gasteiger partial charge in [0.2, 0.25) is 0 Å². The van der Waals surface area contributed by atoms with Gasteiger partial charge in [-0.25, -0.2) is 4.99 Å². The Morgan fingerprint density at radius 1 is 1.00 bits per heavy atom. The van der Waals surface area contributed by atoms with Gasteiger partial charge in [0.25, 0.3) is 0 Å². The van der Waals surface area contributed by atoms with Crippen LogP contribution in [0.4, 0.5) is 0 Å². The van der Waals surface area contributed by atoms with Crippen molar-refractivity contribution in [2.24, 2.45) is 4.99 Å². The van der Waals surface area contributed by atoms with Crippen molar-refractivity contribution in [2.45, 2.75) is 13.8 Å². The monoisotopic (exact) mass is 263 g/mol. The van der Waals surface area contributed by atoms with E-state index in [0.717, 1.165) is 11.7 Å². The number of aryl methyl sites for hydroxylation is 2. The molecule has 1 rings (SSSR count). The van der Waals surface area contributed by atoms with Crippen molar-refractivity contribution in [3.8, 4) is 5.75 Å². The molecule has 0 aliphatic carbocycles. The van der Waals surface area contributed by atoms with E-state index in [1.165, 1.54) is 11.1 Å². The van der Waals surface area contributed by atoms with Gasteiger partial charge < -0.3 is 14.5 Å². The number of benzene rings is 1. The van der Waals surface area contributed by atoms with Gasteiger partial charge in [0.05, 0.1) is 6.54 Å². The van der Waals surface area contributed by atoms with E-state index in [4.69, 9.17) is 4.74 Å². The first kappa shape index (κ1) is 15.3. The predicted octanol–water partition coefficient (Wildman–Crippen LogP) is 2.16. The fourth-order valence-corrected chi connectivity index (χ4v) is 2.01. The van der Waals surface area contributed by atoms with Crippen LogP contribution < -0.4 is 4.74 Å². The lowest BCUT2D eigenvalue weighted by atomic mass is 10.1. The summed E-state index contributed by atoms with van der Waals surface area (Å²) in [5, 5.41) is 0. The zero-order chi connectivity index (χ0) is 14.4. The van der Waals surface area contributed by atoms with Crippen molar-refractivity contribution < 1.29 is 4.74 Å². The first-order chi connectivity index (χ1) is 8.90. The highest BCUT2D eigenvalue weighted by atomic mass is 16.5. The van der Waals surface area contributed by atoms with E-state index in [0.29, 0.717) is 13.2 Å². The lowest BCUT2D eigenvalue weighted by Gasteiger charge is -2.22. The number of hydrogen-bond donors (Lipinski definition) is 0. The molecule has 0 atom stereocenters. The summed E-state index contributed by atoms with van der Waals surface area (Å²) in [6.45, 7) is 5.40. The normalized spacial score (nSPS) is 10.0. The van der Waals surface area contributed by atoms with Gasteiger partial charge in [0, 0.05) is 28.2 Å². The minimum Gasteiger partial charge on any atom is -0.492 e. The van der Waals surface area contributed by atoms with Crippen LogP contribution in [0.25, 0.3) is 0 Å². The Morgan fingerprint density at radius 3 is 2.00 bits per heavy atom. The van der Waals surface area contributed by atoms with Gasteiger partial charge in [-0.3, -0.25) is 0 Å². The van der Waals surface area contributed by atoms with Crippen molar-refractivity contribution in [1.29, 1.82) is 0 Å². The van der Waals surface area contributed by atoms with E-state index in [1.807, 2.05) is 38.0 Å². The van der Waals surface area contributed by atoms with Crippen molar-refractivity contribution >= 4 is 5.96 Å². The van der Waals surface area contributed by atoms with E-state index in [2.05, 4.69) is 37.0 Å². The number of guanidine groups is 1. The van der Waals surface area contributed by atoms with Gasteiger partial charge in [0.1, 0.15) is 12.4 Å². The Hall–Kier alpha value is -1.71. The summed E-state index contributed by atoms with van der Waals surface area (Å²) in [7, 11) is 7.96. The molecule has 0 saturated carbocycles. The van der Waals surface area contributed by atoms with Gasteiger partial charge in [0.15, 0.2) is 5.96 Å². The molecule has 0 heterocycles. The lowest BCUT2D eigenvalue weighted by Crippen LogP contribution is -2.35. The number of rotatable bonds is 4. The lowest BCUT2D eigenvalue weighted by molar-refractivity contribution is 0.326. The van der Waals surface area contributed by atoms with Gasteiger partial charge >= 0.3 is 0 Å². The Bertz CT molecular complexity index is 409.